The van der Waals surface area contributed by atoms with Crippen LogP contribution < -0.4 is 11.1 Å². The molecule has 1 saturated heterocycles. The fraction of sp³-hybridized carbons (Fsp3) is 0.500. The van der Waals surface area contributed by atoms with Gasteiger partial charge in [0, 0.05) is 37.9 Å². The van der Waals surface area contributed by atoms with Crippen molar-refractivity contribution < 1.29 is 4.74 Å². The lowest BCUT2D eigenvalue weighted by atomic mass is 10.0. The van der Waals surface area contributed by atoms with Gasteiger partial charge in [0.05, 0.1) is 23.7 Å². The summed E-state index contributed by atoms with van der Waals surface area (Å²) in [5.41, 5.74) is 9.31. The molecule has 0 bridgehead atoms. The number of nitrogens with two attached hydrogens (primary N) is 1. The molecule has 0 saturated carbocycles. The van der Waals surface area contributed by atoms with Gasteiger partial charge in [-0.2, -0.15) is 15.3 Å². The zero-order valence-corrected chi connectivity index (χ0v) is 12.3. The van der Waals surface area contributed by atoms with Gasteiger partial charge in [-0.05, 0) is 19.1 Å². The second kappa shape index (κ2) is 5.88. The highest BCUT2D eigenvalue weighted by molar-refractivity contribution is 5.62. The monoisotopic (exact) mass is 288 g/mol. The largest absolute Gasteiger partial charge is 0.369 e. The lowest BCUT2D eigenvalue weighted by molar-refractivity contribution is -0.00332. The van der Waals surface area contributed by atoms with Crippen LogP contribution >= 0.6 is 0 Å². The molecular formula is C14H20N6O. The number of nitrogens with one attached hydrogen (secondary N) is 1. The van der Waals surface area contributed by atoms with Gasteiger partial charge in [-0.15, -0.1) is 0 Å². The molecule has 21 heavy (non-hydrogen) atoms. The van der Waals surface area contributed by atoms with E-state index in [9.17, 15) is 0 Å². The molecule has 7 nitrogen and oxygen atoms in total. The quantitative estimate of drug-likeness (QED) is 0.849. The maximum Gasteiger partial charge on any atom is 0.116 e. The molecule has 7 heteroatoms. The summed E-state index contributed by atoms with van der Waals surface area (Å²) < 4.78 is 7.64. The zero-order valence-electron chi connectivity index (χ0n) is 12.3. The Morgan fingerprint density at radius 2 is 2.33 bits per heavy atom. The predicted molar refractivity (Wildman–Crippen MR) is 78.3 cm³/mol. The van der Waals surface area contributed by atoms with E-state index in [1.807, 2.05) is 23.9 Å². The van der Waals surface area contributed by atoms with E-state index in [4.69, 9.17) is 10.5 Å². The summed E-state index contributed by atoms with van der Waals surface area (Å²) in [7, 11) is 1.90. The van der Waals surface area contributed by atoms with Gasteiger partial charge in [-0.1, -0.05) is 0 Å². The Morgan fingerprint density at radius 3 is 3.00 bits per heavy atom. The second-order valence-electron chi connectivity index (χ2n) is 5.21. The molecule has 2 atom stereocenters. The van der Waals surface area contributed by atoms with Crippen LogP contribution in [0.15, 0.2) is 18.3 Å². The van der Waals surface area contributed by atoms with Gasteiger partial charge in [0.2, 0.25) is 0 Å². The van der Waals surface area contributed by atoms with Crippen LogP contribution in [-0.2, 0) is 18.3 Å². The Balaban J connectivity index is 2.02. The number of hydrogen-bond acceptors (Lipinski definition) is 6. The first-order valence-corrected chi connectivity index (χ1v) is 7.10. The lowest BCUT2D eigenvalue weighted by Crippen LogP contribution is -2.41. The van der Waals surface area contributed by atoms with Crippen LogP contribution in [0.5, 0.6) is 0 Å². The first-order chi connectivity index (χ1) is 10.2. The van der Waals surface area contributed by atoms with Crippen molar-refractivity contribution in [3.63, 3.8) is 0 Å². The van der Waals surface area contributed by atoms with Crippen LogP contribution in [-0.4, -0.2) is 39.2 Å². The van der Waals surface area contributed by atoms with Gasteiger partial charge in [0.1, 0.15) is 6.10 Å². The van der Waals surface area contributed by atoms with Crippen LogP contribution in [0, 0.1) is 0 Å². The fourth-order valence-corrected chi connectivity index (χ4v) is 2.65. The number of aromatic nitrogens is 4. The molecule has 2 aromatic heterocycles. The molecule has 3 rings (SSSR count). The predicted octanol–water partition coefficient (Wildman–Crippen LogP) is 0.385. The molecule has 1 aliphatic rings. The summed E-state index contributed by atoms with van der Waals surface area (Å²) in [5.74, 6) is 0. The van der Waals surface area contributed by atoms with Crippen molar-refractivity contribution in [1.29, 1.82) is 0 Å². The minimum atomic E-state index is -0.0925. The van der Waals surface area contributed by atoms with Crippen molar-refractivity contribution in [2.45, 2.75) is 25.6 Å². The van der Waals surface area contributed by atoms with Gasteiger partial charge in [0.25, 0.3) is 0 Å². The first-order valence-electron chi connectivity index (χ1n) is 7.10. The van der Waals surface area contributed by atoms with Crippen molar-refractivity contribution in [2.24, 2.45) is 12.8 Å². The minimum Gasteiger partial charge on any atom is -0.369 e. The Kier molecular flexibility index (Phi) is 3.96. The summed E-state index contributed by atoms with van der Waals surface area (Å²) in [4.78, 5) is 0. The number of aryl methyl sites for hydroxylation is 1. The van der Waals surface area contributed by atoms with Crippen LogP contribution in [0.2, 0.25) is 0 Å². The molecule has 0 aromatic carbocycles. The minimum absolute atomic E-state index is 0.0925. The molecule has 2 unspecified atom stereocenters. The molecule has 0 aliphatic carbocycles. The summed E-state index contributed by atoms with van der Waals surface area (Å²) in [6, 6.07) is 4.17. The molecule has 1 aliphatic heterocycles. The zero-order chi connectivity index (χ0) is 14.8. The van der Waals surface area contributed by atoms with Crippen LogP contribution in [0.25, 0.3) is 11.3 Å². The van der Waals surface area contributed by atoms with E-state index >= 15 is 0 Å². The molecule has 3 heterocycles. The first kappa shape index (κ1) is 14.1. The van der Waals surface area contributed by atoms with Gasteiger partial charge < -0.3 is 15.8 Å². The molecule has 2 aromatic rings. The third kappa shape index (κ3) is 2.67. The molecule has 112 valence electrons. The maximum atomic E-state index is 5.83. The van der Waals surface area contributed by atoms with Gasteiger partial charge in [0.15, 0.2) is 0 Å². The van der Waals surface area contributed by atoms with Crippen molar-refractivity contribution in [1.82, 2.24) is 25.3 Å². The molecule has 0 radical (unpaired) electrons. The smallest absolute Gasteiger partial charge is 0.116 e. The van der Waals surface area contributed by atoms with E-state index in [0.717, 1.165) is 29.2 Å². The Bertz CT molecular complexity index is 626. The SMILES string of the molecule is CC1NCCOC1c1cc(-c2ccnn2C)c(CN)nn1. The molecule has 0 spiro atoms. The Labute approximate surface area is 123 Å². The van der Waals surface area contributed by atoms with Crippen molar-refractivity contribution >= 4 is 0 Å². The van der Waals surface area contributed by atoms with E-state index in [-0.39, 0.29) is 12.1 Å². The number of morpholine rings is 1. The van der Waals surface area contributed by atoms with Crippen molar-refractivity contribution in [3.05, 3.63) is 29.7 Å². The standard InChI is InChI=1S/C14H20N6O/c1-9-14(21-6-5-16-9)11-7-10(12(8-15)19-18-11)13-3-4-17-20(13)2/h3-4,7,9,14,16H,5-6,8,15H2,1-2H3. The Morgan fingerprint density at radius 1 is 1.48 bits per heavy atom. The lowest BCUT2D eigenvalue weighted by Gasteiger charge is -2.29. The molecule has 3 N–H and O–H groups in total. The summed E-state index contributed by atoms with van der Waals surface area (Å²) in [5, 5.41) is 16.2. The number of ether oxygens (including phenoxy) is 1. The summed E-state index contributed by atoms with van der Waals surface area (Å²) >= 11 is 0. The van der Waals surface area contributed by atoms with E-state index in [1.165, 1.54) is 0 Å². The van der Waals surface area contributed by atoms with E-state index in [1.54, 1.807) is 6.20 Å². The van der Waals surface area contributed by atoms with Gasteiger partial charge in [-0.25, -0.2) is 0 Å². The van der Waals surface area contributed by atoms with Crippen LogP contribution in [0.1, 0.15) is 24.4 Å². The average molecular weight is 288 g/mol. The highest BCUT2D eigenvalue weighted by Crippen LogP contribution is 2.27. The number of nitrogens with zero attached hydrogens (tertiary/aromatic N) is 4. The van der Waals surface area contributed by atoms with E-state index in [2.05, 4.69) is 27.5 Å². The van der Waals surface area contributed by atoms with E-state index < -0.39 is 0 Å². The van der Waals surface area contributed by atoms with Gasteiger partial charge >= 0.3 is 0 Å². The summed E-state index contributed by atoms with van der Waals surface area (Å²) in [6.45, 7) is 3.97. The number of rotatable bonds is 3. The summed E-state index contributed by atoms with van der Waals surface area (Å²) in [6.07, 6.45) is 1.67. The van der Waals surface area contributed by atoms with Gasteiger partial charge in [-0.3, -0.25) is 4.68 Å². The van der Waals surface area contributed by atoms with Crippen LogP contribution in [0.3, 0.4) is 0 Å². The van der Waals surface area contributed by atoms with E-state index in [0.29, 0.717) is 13.2 Å². The topological polar surface area (TPSA) is 90.9 Å². The second-order valence-corrected chi connectivity index (χ2v) is 5.21. The fourth-order valence-electron chi connectivity index (χ4n) is 2.65. The molecule has 1 fully saturated rings. The highest BCUT2D eigenvalue weighted by Gasteiger charge is 2.26. The third-order valence-electron chi connectivity index (χ3n) is 3.79. The normalized spacial score (nSPS) is 22.4. The maximum absolute atomic E-state index is 5.83. The Hall–Kier alpha value is -1.83. The average Bonchev–Trinajstić information content (AvgIpc) is 2.93. The van der Waals surface area contributed by atoms with Crippen molar-refractivity contribution in [2.75, 3.05) is 13.2 Å². The molecule has 0 amide bonds. The highest BCUT2D eigenvalue weighted by atomic mass is 16.5. The third-order valence-corrected chi connectivity index (χ3v) is 3.79. The van der Waals surface area contributed by atoms with Crippen molar-refractivity contribution in [3.8, 4) is 11.3 Å². The number of hydrogen-bond donors (Lipinski definition) is 2. The molecular weight excluding hydrogens is 268 g/mol. The van der Waals surface area contributed by atoms with Crippen LogP contribution in [0.4, 0.5) is 0 Å².